The molecule has 0 spiro atoms. The second-order valence-electron chi connectivity index (χ2n) is 3.52. The zero-order chi connectivity index (χ0) is 15.1. The monoisotopic (exact) mass is 288 g/mol. The van der Waals surface area contributed by atoms with E-state index in [4.69, 9.17) is 13.3 Å². The fraction of sp³-hybridized carbons (Fsp3) is 0.455. The highest BCUT2D eigenvalue weighted by Gasteiger charge is 2.56. The number of carbonyl (C=O) groups excluding carboxylic acids is 4. The first-order valence-corrected chi connectivity index (χ1v) is 7.24. The van der Waals surface area contributed by atoms with Gasteiger partial charge in [0.15, 0.2) is 6.29 Å². The summed E-state index contributed by atoms with van der Waals surface area (Å²) in [5, 5.41) is -0.143. The highest BCUT2D eigenvalue weighted by molar-refractivity contribution is 6.76. The largest absolute Gasteiger partial charge is 0.745 e. The van der Waals surface area contributed by atoms with Crippen molar-refractivity contribution in [3.8, 4) is 0 Å². The van der Waals surface area contributed by atoms with Crippen LogP contribution in [0.5, 0.6) is 0 Å². The second kappa shape index (κ2) is 7.47. The Morgan fingerprint density at radius 1 is 0.947 bits per heavy atom. The summed E-state index contributed by atoms with van der Waals surface area (Å²) >= 11 is 0. The van der Waals surface area contributed by atoms with E-state index in [2.05, 4.69) is 0 Å². The third-order valence-electron chi connectivity index (χ3n) is 1.74. The van der Waals surface area contributed by atoms with Gasteiger partial charge in [-0.2, -0.15) is 0 Å². The van der Waals surface area contributed by atoms with Gasteiger partial charge >= 0.3 is 8.80 Å². The Morgan fingerprint density at radius 2 is 1.32 bits per heavy atom. The topological polar surface area (TPSA) is 96.0 Å². The molecule has 8 heteroatoms. The third-order valence-corrected chi connectivity index (χ3v) is 4.44. The lowest BCUT2D eigenvalue weighted by Crippen LogP contribution is -2.52. The van der Waals surface area contributed by atoms with E-state index in [9.17, 15) is 19.2 Å². The summed E-state index contributed by atoms with van der Waals surface area (Å²) in [5.74, 6) is -2.46. The van der Waals surface area contributed by atoms with Gasteiger partial charge in [0.1, 0.15) is 0 Å². The van der Waals surface area contributed by atoms with Gasteiger partial charge in [0, 0.05) is 20.8 Å². The number of hydrogen-bond donors (Lipinski definition) is 0. The van der Waals surface area contributed by atoms with E-state index in [-0.39, 0.29) is 5.20 Å². The molecular formula is C11H16O7Si. The van der Waals surface area contributed by atoms with Crippen molar-refractivity contribution in [2.75, 3.05) is 0 Å². The van der Waals surface area contributed by atoms with Gasteiger partial charge in [-0.1, -0.05) is 13.0 Å². The molecule has 0 heterocycles. The Balaban J connectivity index is 5.75. The minimum atomic E-state index is -4.19. The summed E-state index contributed by atoms with van der Waals surface area (Å²) in [6.07, 6.45) is 2.14. The predicted octanol–water partition coefficient (Wildman–Crippen LogP) is 0.689. The van der Waals surface area contributed by atoms with E-state index in [1.165, 1.54) is 6.08 Å². The highest BCUT2D eigenvalue weighted by atomic mass is 28.4. The maximum atomic E-state index is 11.1. The molecule has 0 saturated heterocycles. The smallest absolute Gasteiger partial charge is 0.452 e. The van der Waals surface area contributed by atoms with Crippen molar-refractivity contribution in [3.63, 3.8) is 0 Å². The number of allylic oxidation sites excluding steroid dienone is 2. The highest BCUT2D eigenvalue weighted by Crippen LogP contribution is 2.20. The van der Waals surface area contributed by atoms with E-state index in [1.54, 1.807) is 6.92 Å². The minimum absolute atomic E-state index is 0.143. The first-order valence-electron chi connectivity index (χ1n) is 5.52. The van der Waals surface area contributed by atoms with Crippen LogP contribution in [0.3, 0.4) is 0 Å². The van der Waals surface area contributed by atoms with Crippen molar-refractivity contribution in [3.05, 3.63) is 11.3 Å². The van der Waals surface area contributed by atoms with Crippen LogP contribution >= 0.6 is 0 Å². The molecular weight excluding hydrogens is 272 g/mol. The zero-order valence-corrected chi connectivity index (χ0v) is 12.2. The van der Waals surface area contributed by atoms with Gasteiger partial charge in [0.25, 0.3) is 17.9 Å². The summed E-state index contributed by atoms with van der Waals surface area (Å²) < 4.78 is 14.6. The van der Waals surface area contributed by atoms with Gasteiger partial charge in [-0.05, 0) is 6.42 Å². The molecule has 0 aliphatic carbocycles. The summed E-state index contributed by atoms with van der Waals surface area (Å²) in [4.78, 5) is 44.5. The van der Waals surface area contributed by atoms with Crippen LogP contribution in [0.2, 0.25) is 0 Å². The van der Waals surface area contributed by atoms with Crippen molar-refractivity contribution in [1.82, 2.24) is 0 Å². The van der Waals surface area contributed by atoms with Crippen molar-refractivity contribution >= 4 is 33.0 Å². The molecule has 0 fully saturated rings. The second-order valence-corrected chi connectivity index (χ2v) is 5.82. The lowest BCUT2D eigenvalue weighted by Gasteiger charge is -2.25. The van der Waals surface area contributed by atoms with Crippen LogP contribution in [0.15, 0.2) is 11.3 Å². The van der Waals surface area contributed by atoms with Crippen LogP contribution < -0.4 is 0 Å². The summed E-state index contributed by atoms with van der Waals surface area (Å²) in [5.41, 5.74) is 0. The average molecular weight is 288 g/mol. The van der Waals surface area contributed by atoms with E-state index in [0.29, 0.717) is 12.7 Å². The van der Waals surface area contributed by atoms with Gasteiger partial charge in [-0.25, -0.2) is 0 Å². The standard InChI is InChI=1S/C11H16O7Si/c1-5-6-11(7-12)19(16-8(2)13,17-9(3)14)18-10(4)15/h6-7H,5H2,1-4H3/b11-6-. The Hall–Kier alpha value is -1.96. The molecule has 0 aliphatic rings. The fourth-order valence-electron chi connectivity index (χ4n) is 1.27. The maximum absolute atomic E-state index is 11.1. The zero-order valence-electron chi connectivity index (χ0n) is 11.2. The number of aldehydes is 1. The molecule has 0 saturated carbocycles. The number of rotatable bonds is 6. The molecule has 0 aliphatic heterocycles. The number of carbonyl (C=O) groups is 4. The Morgan fingerprint density at radius 3 is 1.53 bits per heavy atom. The maximum Gasteiger partial charge on any atom is 0.745 e. The lowest BCUT2D eigenvalue weighted by atomic mass is 10.4. The van der Waals surface area contributed by atoms with E-state index in [0.717, 1.165) is 20.8 Å². The van der Waals surface area contributed by atoms with E-state index >= 15 is 0 Å². The predicted molar refractivity (Wildman–Crippen MR) is 65.5 cm³/mol. The van der Waals surface area contributed by atoms with Crippen LogP contribution in [0.4, 0.5) is 0 Å². The number of hydrogen-bond acceptors (Lipinski definition) is 7. The van der Waals surface area contributed by atoms with Crippen LogP contribution in [0.25, 0.3) is 0 Å². The van der Waals surface area contributed by atoms with Gasteiger partial charge in [0.05, 0.1) is 5.20 Å². The summed E-state index contributed by atoms with van der Waals surface area (Å²) in [6.45, 7) is 4.90. The fourth-order valence-corrected chi connectivity index (χ4v) is 3.48. The van der Waals surface area contributed by atoms with Crippen LogP contribution in [0.1, 0.15) is 34.1 Å². The van der Waals surface area contributed by atoms with E-state index < -0.39 is 26.7 Å². The summed E-state index contributed by atoms with van der Waals surface area (Å²) in [6, 6.07) is 0. The van der Waals surface area contributed by atoms with Gasteiger partial charge in [0.2, 0.25) is 0 Å². The first-order chi connectivity index (χ1) is 8.77. The molecule has 7 nitrogen and oxygen atoms in total. The van der Waals surface area contributed by atoms with Crippen LogP contribution in [-0.2, 0) is 32.5 Å². The molecule has 0 atom stereocenters. The SMILES string of the molecule is CC/C=C(/C=O)[Si](OC(C)=O)(OC(C)=O)OC(C)=O. The molecule has 0 aromatic heterocycles. The first kappa shape index (κ1) is 17.0. The molecule has 0 unspecified atom stereocenters. The molecule has 0 bridgehead atoms. The Labute approximate surface area is 111 Å². The molecule has 0 aromatic rings. The Kier molecular flexibility index (Phi) is 6.70. The van der Waals surface area contributed by atoms with Crippen LogP contribution in [-0.4, -0.2) is 33.0 Å². The summed E-state index contributed by atoms with van der Waals surface area (Å²) in [7, 11) is -4.19. The average Bonchev–Trinajstić information content (AvgIpc) is 2.22. The van der Waals surface area contributed by atoms with Crippen molar-refractivity contribution in [1.29, 1.82) is 0 Å². The van der Waals surface area contributed by atoms with E-state index in [1.807, 2.05) is 0 Å². The van der Waals surface area contributed by atoms with Gasteiger partial charge in [-0.15, -0.1) is 0 Å². The molecule has 0 rings (SSSR count). The molecule has 0 radical (unpaired) electrons. The van der Waals surface area contributed by atoms with Gasteiger partial charge < -0.3 is 13.3 Å². The minimum Gasteiger partial charge on any atom is -0.452 e. The van der Waals surface area contributed by atoms with Crippen LogP contribution in [0, 0.1) is 0 Å². The molecule has 106 valence electrons. The normalized spacial score (nSPS) is 11.5. The molecule has 0 aromatic carbocycles. The van der Waals surface area contributed by atoms with Gasteiger partial charge in [-0.3, -0.25) is 19.2 Å². The quantitative estimate of drug-likeness (QED) is 0.403. The molecule has 0 amide bonds. The lowest BCUT2D eigenvalue weighted by molar-refractivity contribution is -0.147. The third kappa shape index (κ3) is 5.47. The van der Waals surface area contributed by atoms with Crippen molar-refractivity contribution in [2.45, 2.75) is 34.1 Å². The van der Waals surface area contributed by atoms with Crippen molar-refractivity contribution in [2.24, 2.45) is 0 Å². The van der Waals surface area contributed by atoms with Crippen molar-refractivity contribution < 1.29 is 32.5 Å². The molecule has 19 heavy (non-hydrogen) atoms. The Bertz CT molecular complexity index is 372. The molecule has 0 N–H and O–H groups in total.